The van der Waals surface area contributed by atoms with Crippen molar-refractivity contribution in [3.05, 3.63) is 0 Å². The summed E-state index contributed by atoms with van der Waals surface area (Å²) < 4.78 is 0. The SMILES string of the molecule is CNC(=O)CNC(=O)CNC(=O)[C@H](CC(=O)O)NC(=O)CNC(C)=O. The Bertz CT molecular complexity index is 549. The molecule has 0 fully saturated rings. The Morgan fingerprint density at radius 3 is 1.92 bits per heavy atom. The highest BCUT2D eigenvalue weighted by molar-refractivity contribution is 5.94. The molecule has 12 heteroatoms. The number of carbonyl (C=O) groups is 6. The Kier molecular flexibility index (Phi) is 9.92. The van der Waals surface area contributed by atoms with E-state index in [1.165, 1.54) is 14.0 Å². The summed E-state index contributed by atoms with van der Waals surface area (Å²) in [4.78, 5) is 67.4. The molecule has 0 aliphatic carbocycles. The average Bonchev–Trinajstić information content (AvgIpc) is 2.54. The number of aliphatic carboxylic acids is 1. The molecule has 5 amide bonds. The van der Waals surface area contributed by atoms with E-state index in [-0.39, 0.29) is 6.54 Å². The van der Waals surface area contributed by atoms with E-state index in [9.17, 15) is 28.8 Å². The zero-order valence-corrected chi connectivity index (χ0v) is 13.8. The van der Waals surface area contributed by atoms with Crippen molar-refractivity contribution in [3.63, 3.8) is 0 Å². The molecule has 25 heavy (non-hydrogen) atoms. The molecule has 0 saturated heterocycles. The Hall–Kier alpha value is -3.18. The largest absolute Gasteiger partial charge is 0.481 e. The molecule has 0 aliphatic heterocycles. The van der Waals surface area contributed by atoms with Gasteiger partial charge in [-0.05, 0) is 0 Å². The molecular weight excluding hydrogens is 338 g/mol. The highest BCUT2D eigenvalue weighted by atomic mass is 16.4. The molecule has 1 atom stereocenters. The molecular formula is C13H21N5O7. The van der Waals surface area contributed by atoms with E-state index >= 15 is 0 Å². The molecule has 0 radical (unpaired) electrons. The molecule has 6 N–H and O–H groups in total. The van der Waals surface area contributed by atoms with E-state index in [4.69, 9.17) is 5.11 Å². The smallest absolute Gasteiger partial charge is 0.305 e. The topological polar surface area (TPSA) is 183 Å². The first kappa shape index (κ1) is 21.8. The maximum Gasteiger partial charge on any atom is 0.305 e. The van der Waals surface area contributed by atoms with Crippen molar-refractivity contribution in [2.75, 3.05) is 26.7 Å². The van der Waals surface area contributed by atoms with Gasteiger partial charge in [-0.15, -0.1) is 0 Å². The lowest BCUT2D eigenvalue weighted by molar-refractivity contribution is -0.140. The third-order valence-corrected chi connectivity index (χ3v) is 2.68. The van der Waals surface area contributed by atoms with Crippen LogP contribution in [0.2, 0.25) is 0 Å². The highest BCUT2D eigenvalue weighted by Crippen LogP contribution is 1.93. The van der Waals surface area contributed by atoms with Crippen molar-refractivity contribution in [1.82, 2.24) is 26.6 Å². The third kappa shape index (κ3) is 11.1. The average molecular weight is 359 g/mol. The first-order valence-corrected chi connectivity index (χ1v) is 7.16. The maximum atomic E-state index is 11.9. The van der Waals surface area contributed by atoms with Crippen LogP contribution in [0.4, 0.5) is 0 Å². The Balaban J connectivity index is 4.50. The maximum absolute atomic E-state index is 11.9. The molecule has 12 nitrogen and oxygen atoms in total. The van der Waals surface area contributed by atoms with Crippen LogP contribution < -0.4 is 26.6 Å². The summed E-state index contributed by atoms with van der Waals surface area (Å²) in [5.41, 5.74) is 0. The fourth-order valence-corrected chi connectivity index (χ4v) is 1.45. The molecule has 0 heterocycles. The van der Waals surface area contributed by atoms with Crippen molar-refractivity contribution in [1.29, 1.82) is 0 Å². The molecule has 140 valence electrons. The molecule has 0 rings (SSSR count). The van der Waals surface area contributed by atoms with Crippen molar-refractivity contribution < 1.29 is 33.9 Å². The van der Waals surface area contributed by atoms with Crippen LogP contribution in [0.3, 0.4) is 0 Å². The lowest BCUT2D eigenvalue weighted by Gasteiger charge is -2.16. The minimum atomic E-state index is -1.43. The van der Waals surface area contributed by atoms with Gasteiger partial charge in [-0.2, -0.15) is 0 Å². The van der Waals surface area contributed by atoms with E-state index in [1.54, 1.807) is 0 Å². The van der Waals surface area contributed by atoms with Gasteiger partial charge in [0, 0.05) is 14.0 Å². The fourth-order valence-electron chi connectivity index (χ4n) is 1.45. The summed E-state index contributed by atoms with van der Waals surface area (Å²) in [5, 5.41) is 19.8. The monoisotopic (exact) mass is 359 g/mol. The van der Waals surface area contributed by atoms with E-state index in [1.807, 2.05) is 0 Å². The summed E-state index contributed by atoms with van der Waals surface area (Å²) in [6.07, 6.45) is -0.711. The zero-order valence-electron chi connectivity index (χ0n) is 13.8. The number of carboxylic acids is 1. The number of carbonyl (C=O) groups excluding carboxylic acids is 5. The van der Waals surface area contributed by atoms with Crippen molar-refractivity contribution >= 4 is 35.5 Å². The normalized spacial score (nSPS) is 10.8. The number of likely N-dealkylation sites (N-methyl/N-ethyl adjacent to an activating group) is 1. The van der Waals surface area contributed by atoms with Crippen molar-refractivity contribution in [2.24, 2.45) is 0 Å². The second-order valence-corrected chi connectivity index (χ2v) is 4.80. The number of rotatable bonds is 10. The van der Waals surface area contributed by atoms with Gasteiger partial charge in [0.15, 0.2) is 0 Å². The molecule has 0 aliphatic rings. The van der Waals surface area contributed by atoms with Gasteiger partial charge in [-0.1, -0.05) is 0 Å². The van der Waals surface area contributed by atoms with E-state index in [2.05, 4.69) is 26.6 Å². The number of nitrogens with one attached hydrogen (secondary N) is 5. The van der Waals surface area contributed by atoms with Gasteiger partial charge in [0.25, 0.3) is 0 Å². The zero-order chi connectivity index (χ0) is 19.4. The first-order chi connectivity index (χ1) is 11.6. The molecule has 0 bridgehead atoms. The van der Waals surface area contributed by atoms with E-state index in [0.717, 1.165) is 0 Å². The van der Waals surface area contributed by atoms with Crippen LogP contribution in [0.15, 0.2) is 0 Å². The Labute approximate surface area is 143 Å². The summed E-state index contributed by atoms with van der Waals surface area (Å²) in [5.74, 6) is -4.58. The third-order valence-electron chi connectivity index (χ3n) is 2.68. The van der Waals surface area contributed by atoms with Gasteiger partial charge < -0.3 is 31.7 Å². The fraction of sp³-hybridized carbons (Fsp3) is 0.538. The Morgan fingerprint density at radius 1 is 0.840 bits per heavy atom. The van der Waals surface area contributed by atoms with Gasteiger partial charge in [0.05, 0.1) is 26.1 Å². The van der Waals surface area contributed by atoms with E-state index in [0.29, 0.717) is 0 Å². The lowest BCUT2D eigenvalue weighted by atomic mass is 10.2. The summed E-state index contributed by atoms with van der Waals surface area (Å²) in [6, 6.07) is -1.43. The van der Waals surface area contributed by atoms with Gasteiger partial charge in [-0.25, -0.2) is 0 Å². The lowest BCUT2D eigenvalue weighted by Crippen LogP contribution is -2.52. The number of hydrogen-bond acceptors (Lipinski definition) is 6. The van der Waals surface area contributed by atoms with Crippen molar-refractivity contribution in [3.8, 4) is 0 Å². The molecule has 0 aromatic carbocycles. The van der Waals surface area contributed by atoms with Crippen LogP contribution in [0, 0.1) is 0 Å². The van der Waals surface area contributed by atoms with E-state index < -0.39 is 61.1 Å². The second kappa shape index (κ2) is 11.4. The van der Waals surface area contributed by atoms with Gasteiger partial charge in [0.1, 0.15) is 6.04 Å². The van der Waals surface area contributed by atoms with Gasteiger partial charge in [0.2, 0.25) is 29.5 Å². The molecule has 0 unspecified atom stereocenters. The summed E-state index contributed by atoms with van der Waals surface area (Å²) >= 11 is 0. The van der Waals surface area contributed by atoms with Crippen LogP contribution in [-0.4, -0.2) is 73.3 Å². The van der Waals surface area contributed by atoms with Crippen LogP contribution in [0.1, 0.15) is 13.3 Å². The second-order valence-electron chi connectivity index (χ2n) is 4.80. The number of carboxylic acid groups (broad SMARTS) is 1. The van der Waals surface area contributed by atoms with Gasteiger partial charge in [-0.3, -0.25) is 28.8 Å². The van der Waals surface area contributed by atoms with Crippen LogP contribution in [0.5, 0.6) is 0 Å². The first-order valence-electron chi connectivity index (χ1n) is 7.16. The molecule has 0 aromatic heterocycles. The molecule has 0 aromatic rings. The molecule has 0 saturated carbocycles. The van der Waals surface area contributed by atoms with Crippen LogP contribution in [0.25, 0.3) is 0 Å². The predicted octanol–water partition coefficient (Wildman–Crippen LogP) is -3.94. The quantitative estimate of drug-likeness (QED) is 0.230. The minimum Gasteiger partial charge on any atom is -0.481 e. The van der Waals surface area contributed by atoms with Crippen LogP contribution in [-0.2, 0) is 28.8 Å². The summed E-state index contributed by atoms with van der Waals surface area (Å²) in [7, 11) is 1.39. The molecule has 0 spiro atoms. The number of hydrogen-bond donors (Lipinski definition) is 6. The Morgan fingerprint density at radius 2 is 1.40 bits per heavy atom. The number of amides is 5. The van der Waals surface area contributed by atoms with Gasteiger partial charge >= 0.3 is 5.97 Å². The minimum absolute atomic E-state index is 0.281. The standard InChI is InChI=1S/C13H21N5O7/c1-7(19)15-6-11(22)18-8(3-12(23)24)13(25)17-5-10(21)16-4-9(20)14-2/h8H,3-6H2,1-2H3,(H,14,20)(H,15,19)(H,16,21)(H,17,25)(H,18,22)(H,23,24)/t8-/m0/s1. The summed E-state index contributed by atoms with van der Waals surface area (Å²) in [6.45, 7) is -0.0256. The predicted molar refractivity (Wildman–Crippen MR) is 83.0 cm³/mol. The van der Waals surface area contributed by atoms with Crippen LogP contribution >= 0.6 is 0 Å². The highest BCUT2D eigenvalue weighted by Gasteiger charge is 2.24. The van der Waals surface area contributed by atoms with Crippen molar-refractivity contribution in [2.45, 2.75) is 19.4 Å².